The third-order valence-corrected chi connectivity index (χ3v) is 3.54. The first-order valence-corrected chi connectivity index (χ1v) is 7.55. The highest BCUT2D eigenvalue weighted by atomic mass is 19.4. The van der Waals surface area contributed by atoms with Crippen molar-refractivity contribution in [2.75, 3.05) is 12.4 Å². The lowest BCUT2D eigenvalue weighted by Gasteiger charge is -2.34. The number of carbonyl (C=O) groups is 2. The standard InChI is InChI=1S/C17H15F4N3O3/c1-10-6-5-9-13(22-10)23-16(15(26)27-2,17(19,20)21)24-14(25)11-7-3-4-8-12(11)18/h3-9H,1-2H3,(H,22,23)(H,24,25). The first-order valence-electron chi connectivity index (χ1n) is 7.55. The number of hydrogen-bond acceptors (Lipinski definition) is 5. The number of methoxy groups -OCH3 is 1. The zero-order valence-electron chi connectivity index (χ0n) is 14.2. The van der Waals surface area contributed by atoms with Crippen molar-refractivity contribution in [3.8, 4) is 0 Å². The molecule has 144 valence electrons. The number of hydrogen-bond donors (Lipinski definition) is 2. The van der Waals surface area contributed by atoms with Crippen LogP contribution in [0.15, 0.2) is 42.5 Å². The van der Waals surface area contributed by atoms with E-state index in [4.69, 9.17) is 0 Å². The molecule has 0 aliphatic rings. The number of esters is 1. The summed E-state index contributed by atoms with van der Waals surface area (Å²) >= 11 is 0. The molecule has 0 saturated carbocycles. The molecule has 0 fully saturated rings. The van der Waals surface area contributed by atoms with Crippen molar-refractivity contribution < 1.29 is 31.9 Å². The van der Waals surface area contributed by atoms with Crippen molar-refractivity contribution in [2.45, 2.75) is 18.8 Å². The van der Waals surface area contributed by atoms with Crippen molar-refractivity contribution in [3.05, 3.63) is 59.5 Å². The number of pyridine rings is 1. The van der Waals surface area contributed by atoms with Crippen molar-refractivity contribution in [2.24, 2.45) is 0 Å². The Hall–Kier alpha value is -3.17. The molecule has 0 aliphatic carbocycles. The number of aryl methyl sites for hydroxylation is 1. The summed E-state index contributed by atoms with van der Waals surface area (Å²) in [7, 11) is 0.726. The molecule has 2 aromatic rings. The van der Waals surface area contributed by atoms with E-state index in [0.717, 1.165) is 19.2 Å². The summed E-state index contributed by atoms with van der Waals surface area (Å²) in [4.78, 5) is 28.2. The Morgan fingerprint density at radius 2 is 1.74 bits per heavy atom. The van der Waals surface area contributed by atoms with Gasteiger partial charge in [-0.3, -0.25) is 4.79 Å². The Morgan fingerprint density at radius 1 is 1.07 bits per heavy atom. The van der Waals surface area contributed by atoms with Gasteiger partial charge in [0.2, 0.25) is 0 Å². The maximum absolute atomic E-state index is 13.9. The SMILES string of the molecule is COC(=O)C(NC(=O)c1ccccc1F)(Nc1cccc(C)n1)C(F)(F)F. The molecule has 1 atom stereocenters. The highest BCUT2D eigenvalue weighted by Crippen LogP contribution is 2.33. The average molecular weight is 385 g/mol. The van der Waals surface area contributed by atoms with E-state index in [1.54, 1.807) is 0 Å². The van der Waals surface area contributed by atoms with Crippen LogP contribution in [0.1, 0.15) is 16.1 Å². The van der Waals surface area contributed by atoms with Crippen molar-refractivity contribution in [1.29, 1.82) is 0 Å². The summed E-state index contributed by atoms with van der Waals surface area (Å²) < 4.78 is 59.7. The number of nitrogens with one attached hydrogen (secondary N) is 2. The van der Waals surface area contributed by atoms with Gasteiger partial charge in [0, 0.05) is 5.69 Å². The van der Waals surface area contributed by atoms with Gasteiger partial charge in [-0.2, -0.15) is 13.2 Å². The lowest BCUT2D eigenvalue weighted by atomic mass is 10.1. The predicted molar refractivity (Wildman–Crippen MR) is 87.3 cm³/mol. The number of amides is 1. The van der Waals surface area contributed by atoms with Crippen LogP contribution in [0.3, 0.4) is 0 Å². The maximum atomic E-state index is 13.9. The monoisotopic (exact) mass is 385 g/mol. The molecule has 0 radical (unpaired) electrons. The third kappa shape index (κ3) is 4.15. The normalized spacial score (nSPS) is 13.4. The zero-order chi connectivity index (χ0) is 20.2. The van der Waals surface area contributed by atoms with Gasteiger partial charge in [0.25, 0.3) is 5.91 Å². The summed E-state index contributed by atoms with van der Waals surface area (Å²) in [6, 6.07) is 8.51. The minimum Gasteiger partial charge on any atom is -0.466 e. The topological polar surface area (TPSA) is 80.3 Å². The molecule has 1 amide bonds. The molecule has 1 heterocycles. The maximum Gasteiger partial charge on any atom is 0.441 e. The van der Waals surface area contributed by atoms with E-state index in [9.17, 15) is 27.2 Å². The van der Waals surface area contributed by atoms with Gasteiger partial charge >= 0.3 is 17.8 Å². The smallest absolute Gasteiger partial charge is 0.441 e. The molecule has 2 N–H and O–H groups in total. The summed E-state index contributed by atoms with van der Waals surface area (Å²) in [5.74, 6) is -4.70. The Bertz CT molecular complexity index is 857. The number of ether oxygens (including phenoxy) is 1. The van der Waals surface area contributed by atoms with Gasteiger partial charge < -0.3 is 15.4 Å². The van der Waals surface area contributed by atoms with Crippen LogP contribution in [0.5, 0.6) is 0 Å². The summed E-state index contributed by atoms with van der Waals surface area (Å²) in [5, 5.41) is 3.40. The second kappa shape index (κ2) is 7.60. The Kier molecular flexibility index (Phi) is 5.67. The number of nitrogens with zero attached hydrogens (tertiary/aromatic N) is 1. The van der Waals surface area contributed by atoms with Gasteiger partial charge in [0.05, 0.1) is 12.7 Å². The molecule has 2 rings (SSSR count). The van der Waals surface area contributed by atoms with Gasteiger partial charge in [-0.05, 0) is 31.2 Å². The minimum atomic E-state index is -5.34. The molecule has 1 aromatic heterocycles. The highest BCUT2D eigenvalue weighted by molar-refractivity contribution is 5.99. The fourth-order valence-corrected chi connectivity index (χ4v) is 2.23. The molecule has 27 heavy (non-hydrogen) atoms. The zero-order valence-corrected chi connectivity index (χ0v) is 14.2. The highest BCUT2D eigenvalue weighted by Gasteiger charge is 2.63. The summed E-state index contributed by atoms with van der Waals surface area (Å²) in [6.07, 6.45) is -5.34. The lowest BCUT2D eigenvalue weighted by Crippen LogP contribution is -2.69. The van der Waals surface area contributed by atoms with E-state index >= 15 is 0 Å². The van der Waals surface area contributed by atoms with Gasteiger partial charge in [-0.15, -0.1) is 0 Å². The van der Waals surface area contributed by atoms with Crippen LogP contribution in [-0.2, 0) is 9.53 Å². The van der Waals surface area contributed by atoms with E-state index in [0.29, 0.717) is 5.69 Å². The van der Waals surface area contributed by atoms with Crippen molar-refractivity contribution in [1.82, 2.24) is 10.3 Å². The van der Waals surface area contributed by atoms with E-state index in [2.05, 4.69) is 9.72 Å². The molecule has 10 heteroatoms. The van der Waals surface area contributed by atoms with Crippen molar-refractivity contribution >= 4 is 17.7 Å². The first kappa shape index (κ1) is 20.1. The Labute approximate surface area is 151 Å². The Morgan fingerprint density at radius 3 is 2.30 bits per heavy atom. The van der Waals surface area contributed by atoms with E-state index in [1.165, 1.54) is 42.6 Å². The van der Waals surface area contributed by atoms with Crippen LogP contribution < -0.4 is 10.6 Å². The molecule has 0 aliphatic heterocycles. The van der Waals surface area contributed by atoms with Crippen LogP contribution >= 0.6 is 0 Å². The number of anilines is 1. The number of alkyl halides is 3. The molecule has 0 saturated heterocycles. The van der Waals surface area contributed by atoms with Crippen LogP contribution in [-0.4, -0.2) is 35.8 Å². The molecule has 1 aromatic carbocycles. The van der Waals surface area contributed by atoms with E-state index in [1.807, 2.05) is 5.32 Å². The fraction of sp³-hybridized carbons (Fsp3) is 0.235. The molecule has 6 nitrogen and oxygen atoms in total. The van der Waals surface area contributed by atoms with Crippen LogP contribution in [0, 0.1) is 12.7 Å². The molecule has 0 spiro atoms. The number of aromatic nitrogens is 1. The van der Waals surface area contributed by atoms with Crippen molar-refractivity contribution in [3.63, 3.8) is 0 Å². The predicted octanol–water partition coefficient (Wildman–Crippen LogP) is 2.80. The van der Waals surface area contributed by atoms with E-state index in [-0.39, 0.29) is 5.82 Å². The second-order valence-corrected chi connectivity index (χ2v) is 5.46. The van der Waals surface area contributed by atoms with Gasteiger partial charge in [0.1, 0.15) is 11.6 Å². The average Bonchev–Trinajstić information content (AvgIpc) is 2.59. The van der Waals surface area contributed by atoms with Gasteiger partial charge in [0.15, 0.2) is 0 Å². The fourth-order valence-electron chi connectivity index (χ4n) is 2.23. The number of rotatable bonds is 5. The molecular weight excluding hydrogens is 370 g/mol. The number of halogens is 4. The van der Waals surface area contributed by atoms with Crippen LogP contribution in [0.25, 0.3) is 0 Å². The summed E-state index contributed by atoms with van der Waals surface area (Å²) in [6.45, 7) is 1.52. The summed E-state index contributed by atoms with van der Waals surface area (Å²) in [5.41, 5.74) is -3.99. The Balaban J connectivity index is 2.52. The number of benzene rings is 1. The third-order valence-electron chi connectivity index (χ3n) is 3.54. The quantitative estimate of drug-likeness (QED) is 0.470. The molecule has 0 bridgehead atoms. The van der Waals surface area contributed by atoms with Gasteiger partial charge in [-0.25, -0.2) is 14.2 Å². The van der Waals surface area contributed by atoms with Crippen LogP contribution in [0.2, 0.25) is 0 Å². The molecule has 1 unspecified atom stereocenters. The molecular formula is C17H15F4N3O3. The minimum absolute atomic E-state index is 0.341. The van der Waals surface area contributed by atoms with Crippen LogP contribution in [0.4, 0.5) is 23.4 Å². The first-order chi connectivity index (χ1) is 12.6. The van der Waals surface area contributed by atoms with Gasteiger partial charge in [-0.1, -0.05) is 18.2 Å². The lowest BCUT2D eigenvalue weighted by molar-refractivity contribution is -0.203. The number of carbonyl (C=O) groups excluding carboxylic acids is 2. The largest absolute Gasteiger partial charge is 0.466 e. The second-order valence-electron chi connectivity index (χ2n) is 5.46. The van der Waals surface area contributed by atoms with E-state index < -0.39 is 35.1 Å².